The van der Waals surface area contributed by atoms with Gasteiger partial charge in [0.1, 0.15) is 12.9 Å². The fraction of sp³-hybridized carbons (Fsp3) is 0.625. The lowest BCUT2D eigenvalue weighted by Crippen LogP contribution is -1.94. The number of rotatable bonds is 5. The lowest BCUT2D eigenvalue weighted by molar-refractivity contribution is -0.111. The van der Waals surface area contributed by atoms with Crippen LogP contribution >= 0.6 is 0 Å². The molecule has 2 heteroatoms. The first kappa shape index (κ1) is 9.37. The van der Waals surface area contributed by atoms with Crippen molar-refractivity contribution in [2.45, 2.75) is 13.8 Å². The van der Waals surface area contributed by atoms with Crippen LogP contribution in [0.4, 0.5) is 0 Å². The van der Waals surface area contributed by atoms with Crippen molar-refractivity contribution in [1.29, 1.82) is 0 Å². The van der Waals surface area contributed by atoms with Crippen molar-refractivity contribution in [2.24, 2.45) is 5.92 Å². The van der Waals surface area contributed by atoms with Gasteiger partial charge in [0.25, 0.3) is 0 Å². The number of hydrogen-bond donors (Lipinski definition) is 0. The van der Waals surface area contributed by atoms with Crippen LogP contribution < -0.4 is 0 Å². The number of hydrogen-bond acceptors (Lipinski definition) is 2. The van der Waals surface area contributed by atoms with Gasteiger partial charge in [-0.2, -0.15) is 0 Å². The van der Waals surface area contributed by atoms with Crippen LogP contribution in [0.2, 0.25) is 0 Å². The Labute approximate surface area is 61.9 Å². The first-order chi connectivity index (χ1) is 4.77. The molecule has 0 rings (SSSR count). The summed E-state index contributed by atoms with van der Waals surface area (Å²) >= 11 is 0. The van der Waals surface area contributed by atoms with Gasteiger partial charge in [0.15, 0.2) is 0 Å². The van der Waals surface area contributed by atoms with Gasteiger partial charge in [-0.3, -0.25) is 0 Å². The molecule has 0 unspecified atom stereocenters. The van der Waals surface area contributed by atoms with Crippen LogP contribution in [0.25, 0.3) is 0 Å². The highest BCUT2D eigenvalue weighted by atomic mass is 16.5. The molecular weight excluding hydrogens is 128 g/mol. The highest BCUT2D eigenvalue weighted by Gasteiger charge is 1.82. The zero-order valence-corrected chi connectivity index (χ0v) is 6.54. The quantitative estimate of drug-likeness (QED) is 0.329. The van der Waals surface area contributed by atoms with Crippen molar-refractivity contribution in [1.82, 2.24) is 0 Å². The van der Waals surface area contributed by atoms with E-state index in [2.05, 4.69) is 13.8 Å². The minimum absolute atomic E-state index is 0.197. The molecule has 0 aliphatic rings. The molecule has 10 heavy (non-hydrogen) atoms. The number of aldehydes is 1. The Kier molecular flexibility index (Phi) is 6.08. The molecule has 0 saturated heterocycles. The molecule has 58 valence electrons. The number of ether oxygens (including phenoxy) is 1. The van der Waals surface area contributed by atoms with Gasteiger partial charge >= 0.3 is 0 Å². The second-order valence-corrected chi connectivity index (χ2v) is 2.38. The van der Waals surface area contributed by atoms with Crippen LogP contribution in [0, 0.1) is 5.92 Å². The third-order valence-electron chi connectivity index (χ3n) is 0.921. The molecule has 0 aliphatic heterocycles. The van der Waals surface area contributed by atoms with Crippen LogP contribution in [0.3, 0.4) is 0 Å². The Morgan fingerprint density at radius 2 is 2.10 bits per heavy atom. The van der Waals surface area contributed by atoms with Crippen LogP contribution in [-0.4, -0.2) is 19.5 Å². The molecule has 0 saturated carbocycles. The normalized spacial score (nSPS) is 11.1. The minimum atomic E-state index is 0.197. The maximum absolute atomic E-state index is 9.75. The summed E-state index contributed by atoms with van der Waals surface area (Å²) < 4.78 is 4.88. The maximum atomic E-state index is 9.75. The average molecular weight is 142 g/mol. The van der Waals surface area contributed by atoms with Crippen molar-refractivity contribution in [3.8, 4) is 0 Å². The van der Waals surface area contributed by atoms with Gasteiger partial charge in [0.05, 0.1) is 6.61 Å². The largest absolute Gasteiger partial charge is 0.370 e. The van der Waals surface area contributed by atoms with E-state index in [-0.39, 0.29) is 6.61 Å². The summed E-state index contributed by atoms with van der Waals surface area (Å²) in [6.07, 6.45) is 4.72. The maximum Gasteiger partial charge on any atom is 0.145 e. The third-order valence-corrected chi connectivity index (χ3v) is 0.921. The third kappa shape index (κ3) is 7.37. The Morgan fingerprint density at radius 1 is 1.40 bits per heavy atom. The van der Waals surface area contributed by atoms with E-state index in [1.165, 1.54) is 0 Å². The number of carbonyl (C=O) groups is 1. The molecule has 0 aromatic rings. The molecule has 0 atom stereocenters. The molecule has 0 amide bonds. The highest BCUT2D eigenvalue weighted by Crippen LogP contribution is 1.92. The van der Waals surface area contributed by atoms with E-state index in [1.807, 2.05) is 12.2 Å². The van der Waals surface area contributed by atoms with E-state index in [9.17, 15) is 4.79 Å². The standard InChI is InChI=1S/C8H14O2/c1-8(2)4-3-6-10-7-5-9/h3-5,8H,6-7H2,1-2H3/b4-3+. The smallest absolute Gasteiger partial charge is 0.145 e. The molecule has 2 nitrogen and oxygen atoms in total. The molecule has 0 aromatic heterocycles. The summed E-state index contributed by atoms with van der Waals surface area (Å²) in [6, 6.07) is 0. The van der Waals surface area contributed by atoms with Gasteiger partial charge < -0.3 is 9.53 Å². The average Bonchev–Trinajstić information content (AvgIpc) is 1.87. The van der Waals surface area contributed by atoms with E-state index >= 15 is 0 Å². The predicted molar refractivity (Wildman–Crippen MR) is 40.9 cm³/mol. The number of allylic oxidation sites excluding steroid dienone is 1. The monoisotopic (exact) mass is 142 g/mol. The predicted octanol–water partition coefficient (Wildman–Crippen LogP) is 1.41. The second kappa shape index (κ2) is 6.49. The van der Waals surface area contributed by atoms with Crippen LogP contribution in [0.1, 0.15) is 13.8 Å². The van der Waals surface area contributed by atoms with Gasteiger partial charge in [-0.15, -0.1) is 0 Å². The van der Waals surface area contributed by atoms with Crippen LogP contribution in [0.5, 0.6) is 0 Å². The fourth-order valence-electron chi connectivity index (χ4n) is 0.512. The molecule has 0 radical (unpaired) electrons. The topological polar surface area (TPSA) is 26.3 Å². The Balaban J connectivity index is 3.10. The Hall–Kier alpha value is -0.630. The Bertz CT molecular complexity index is 106. The number of carbonyl (C=O) groups excluding carboxylic acids is 1. The van der Waals surface area contributed by atoms with Crippen LogP contribution in [-0.2, 0) is 9.53 Å². The van der Waals surface area contributed by atoms with Gasteiger partial charge in [-0.25, -0.2) is 0 Å². The minimum Gasteiger partial charge on any atom is -0.370 e. The lowest BCUT2D eigenvalue weighted by atomic mass is 10.2. The zero-order chi connectivity index (χ0) is 7.82. The summed E-state index contributed by atoms with van der Waals surface area (Å²) in [5.41, 5.74) is 0. The summed E-state index contributed by atoms with van der Waals surface area (Å²) in [6.45, 7) is 4.92. The fourth-order valence-corrected chi connectivity index (χ4v) is 0.512. The van der Waals surface area contributed by atoms with Crippen molar-refractivity contribution in [3.63, 3.8) is 0 Å². The zero-order valence-electron chi connectivity index (χ0n) is 6.54. The van der Waals surface area contributed by atoms with Crippen molar-refractivity contribution in [2.75, 3.05) is 13.2 Å². The van der Waals surface area contributed by atoms with Crippen molar-refractivity contribution in [3.05, 3.63) is 12.2 Å². The molecule has 0 heterocycles. The summed E-state index contributed by atoms with van der Waals surface area (Å²) in [7, 11) is 0. The van der Waals surface area contributed by atoms with E-state index < -0.39 is 0 Å². The summed E-state index contributed by atoms with van der Waals surface area (Å²) in [5.74, 6) is 0.555. The summed E-state index contributed by atoms with van der Waals surface area (Å²) in [4.78, 5) is 9.75. The first-order valence-electron chi connectivity index (χ1n) is 3.45. The van der Waals surface area contributed by atoms with E-state index in [0.29, 0.717) is 12.5 Å². The van der Waals surface area contributed by atoms with Gasteiger partial charge in [0, 0.05) is 0 Å². The second-order valence-electron chi connectivity index (χ2n) is 2.38. The molecule has 0 spiro atoms. The highest BCUT2D eigenvalue weighted by molar-refractivity contribution is 5.50. The van der Waals surface area contributed by atoms with Gasteiger partial charge in [-0.05, 0) is 5.92 Å². The first-order valence-corrected chi connectivity index (χ1v) is 3.45. The summed E-state index contributed by atoms with van der Waals surface area (Å²) in [5, 5.41) is 0. The molecule has 0 fully saturated rings. The van der Waals surface area contributed by atoms with Crippen LogP contribution in [0.15, 0.2) is 12.2 Å². The van der Waals surface area contributed by atoms with Crippen molar-refractivity contribution < 1.29 is 9.53 Å². The molecule has 0 bridgehead atoms. The van der Waals surface area contributed by atoms with Crippen molar-refractivity contribution >= 4 is 6.29 Å². The lowest BCUT2D eigenvalue weighted by Gasteiger charge is -1.94. The molecule has 0 aromatic carbocycles. The van der Waals surface area contributed by atoms with E-state index in [0.717, 1.165) is 6.29 Å². The van der Waals surface area contributed by atoms with E-state index in [4.69, 9.17) is 4.74 Å². The van der Waals surface area contributed by atoms with Gasteiger partial charge in [0.2, 0.25) is 0 Å². The van der Waals surface area contributed by atoms with Gasteiger partial charge in [-0.1, -0.05) is 26.0 Å². The molecule has 0 N–H and O–H groups in total. The van der Waals surface area contributed by atoms with E-state index in [1.54, 1.807) is 0 Å². The molecule has 0 aliphatic carbocycles. The SMILES string of the molecule is CC(C)/C=C/COCC=O. The Morgan fingerprint density at radius 3 is 2.60 bits per heavy atom. The molecular formula is C8H14O2.